The Balaban J connectivity index is 2.06. The van der Waals surface area contributed by atoms with Gasteiger partial charge in [0.1, 0.15) is 11.9 Å². The van der Waals surface area contributed by atoms with Crippen LogP contribution in [0.15, 0.2) is 24.3 Å². The number of ether oxygens (including phenoxy) is 2. The first-order valence-corrected chi connectivity index (χ1v) is 7.63. The third-order valence-corrected chi connectivity index (χ3v) is 4.22. The van der Waals surface area contributed by atoms with Crippen LogP contribution in [0.4, 0.5) is 0 Å². The lowest BCUT2D eigenvalue weighted by Gasteiger charge is -2.36. The van der Waals surface area contributed by atoms with Crippen molar-refractivity contribution in [2.75, 3.05) is 20.7 Å². The number of piperidine rings is 1. The Hall–Kier alpha value is -1.55. The molecule has 0 aromatic heterocycles. The van der Waals surface area contributed by atoms with E-state index in [0.717, 1.165) is 24.3 Å². The summed E-state index contributed by atoms with van der Waals surface area (Å²) in [5, 5.41) is 0. The lowest BCUT2D eigenvalue weighted by molar-refractivity contribution is -0.139. The Bertz CT molecular complexity index is 475. The van der Waals surface area contributed by atoms with Crippen LogP contribution in [-0.2, 0) is 16.0 Å². The van der Waals surface area contributed by atoms with Gasteiger partial charge in [0, 0.05) is 11.6 Å². The second-order valence-electron chi connectivity index (χ2n) is 5.73. The quantitative estimate of drug-likeness (QED) is 0.782. The van der Waals surface area contributed by atoms with Gasteiger partial charge in [-0.05, 0) is 39.4 Å². The molecule has 21 heavy (non-hydrogen) atoms. The Morgan fingerprint density at radius 3 is 2.86 bits per heavy atom. The number of nitrogens with zero attached hydrogens (tertiary/aromatic N) is 1. The highest BCUT2D eigenvalue weighted by molar-refractivity contribution is 5.73. The topological polar surface area (TPSA) is 38.8 Å². The first kappa shape index (κ1) is 15.8. The zero-order valence-corrected chi connectivity index (χ0v) is 13.2. The van der Waals surface area contributed by atoms with Crippen molar-refractivity contribution in [3.63, 3.8) is 0 Å². The minimum Gasteiger partial charge on any atom is -0.489 e. The highest BCUT2D eigenvalue weighted by atomic mass is 16.5. The van der Waals surface area contributed by atoms with Crippen molar-refractivity contribution in [2.24, 2.45) is 0 Å². The van der Waals surface area contributed by atoms with Crippen molar-refractivity contribution in [1.29, 1.82) is 0 Å². The highest BCUT2D eigenvalue weighted by Crippen LogP contribution is 2.25. The molecular weight excluding hydrogens is 266 g/mol. The van der Waals surface area contributed by atoms with Gasteiger partial charge in [-0.25, -0.2) is 0 Å². The summed E-state index contributed by atoms with van der Waals surface area (Å²) in [6.45, 7) is 3.24. The molecule has 0 bridgehead atoms. The van der Waals surface area contributed by atoms with E-state index in [4.69, 9.17) is 9.47 Å². The molecule has 1 aromatic rings. The van der Waals surface area contributed by atoms with Crippen LogP contribution in [0, 0.1) is 0 Å². The summed E-state index contributed by atoms with van der Waals surface area (Å²) in [5.41, 5.74) is 0.884. The maximum atomic E-state index is 11.5. The molecule has 0 N–H and O–H groups in total. The van der Waals surface area contributed by atoms with E-state index in [1.165, 1.54) is 20.0 Å². The molecule has 1 saturated heterocycles. The molecule has 4 nitrogen and oxygen atoms in total. The predicted octanol–water partition coefficient (Wildman–Crippen LogP) is 2.65. The number of para-hydroxylation sites is 1. The predicted molar refractivity (Wildman–Crippen MR) is 82.5 cm³/mol. The van der Waals surface area contributed by atoms with E-state index in [2.05, 4.69) is 18.9 Å². The van der Waals surface area contributed by atoms with Crippen molar-refractivity contribution in [2.45, 2.75) is 44.8 Å². The Labute approximate surface area is 127 Å². The zero-order valence-electron chi connectivity index (χ0n) is 13.2. The van der Waals surface area contributed by atoms with Crippen LogP contribution in [0.3, 0.4) is 0 Å². The summed E-state index contributed by atoms with van der Waals surface area (Å²) in [6, 6.07) is 8.14. The van der Waals surface area contributed by atoms with Crippen LogP contribution in [0.1, 0.15) is 31.7 Å². The number of benzene rings is 1. The van der Waals surface area contributed by atoms with Crippen molar-refractivity contribution in [3.05, 3.63) is 29.8 Å². The van der Waals surface area contributed by atoms with Gasteiger partial charge in [0.2, 0.25) is 0 Å². The van der Waals surface area contributed by atoms with E-state index in [-0.39, 0.29) is 18.5 Å². The molecule has 2 unspecified atom stereocenters. The van der Waals surface area contributed by atoms with Crippen LogP contribution in [0.2, 0.25) is 0 Å². The number of hydrogen-bond acceptors (Lipinski definition) is 4. The van der Waals surface area contributed by atoms with Crippen molar-refractivity contribution < 1.29 is 14.3 Å². The van der Waals surface area contributed by atoms with Crippen LogP contribution in [0.5, 0.6) is 5.75 Å². The normalized spacial score (nSPS) is 20.8. The molecule has 0 radical (unpaired) electrons. The largest absolute Gasteiger partial charge is 0.489 e. The van der Waals surface area contributed by atoms with Crippen LogP contribution in [0.25, 0.3) is 0 Å². The molecule has 0 spiro atoms. The molecule has 2 rings (SSSR count). The molecule has 1 heterocycles. The molecule has 1 fully saturated rings. The smallest absolute Gasteiger partial charge is 0.310 e. The fourth-order valence-electron chi connectivity index (χ4n) is 2.97. The van der Waals surface area contributed by atoms with E-state index < -0.39 is 0 Å². The first-order valence-electron chi connectivity index (χ1n) is 7.63. The lowest BCUT2D eigenvalue weighted by Crippen LogP contribution is -2.45. The van der Waals surface area contributed by atoms with Gasteiger partial charge in [0.05, 0.1) is 13.5 Å². The molecule has 4 heteroatoms. The molecule has 1 aliphatic rings. The standard InChI is InChI=1S/C17H25NO3/c1-13(15-9-6-7-11-18(15)2)21-16-10-5-4-8-14(16)12-17(19)20-3/h4-5,8,10,13,15H,6-7,9,11-12H2,1-3H3. The Morgan fingerprint density at radius 2 is 2.14 bits per heavy atom. The van der Waals surface area contributed by atoms with Gasteiger partial charge in [-0.1, -0.05) is 24.6 Å². The van der Waals surface area contributed by atoms with E-state index in [1.807, 2.05) is 24.3 Å². The van der Waals surface area contributed by atoms with Crippen LogP contribution >= 0.6 is 0 Å². The minimum atomic E-state index is -0.242. The fourth-order valence-corrected chi connectivity index (χ4v) is 2.97. The van der Waals surface area contributed by atoms with Crippen molar-refractivity contribution in [3.8, 4) is 5.75 Å². The average molecular weight is 291 g/mol. The van der Waals surface area contributed by atoms with E-state index in [0.29, 0.717) is 6.04 Å². The molecule has 0 aliphatic carbocycles. The molecule has 1 aliphatic heterocycles. The lowest BCUT2D eigenvalue weighted by atomic mass is 9.98. The Morgan fingerprint density at radius 1 is 1.38 bits per heavy atom. The fraction of sp³-hybridized carbons (Fsp3) is 0.588. The van der Waals surface area contributed by atoms with Gasteiger partial charge < -0.3 is 9.47 Å². The number of carbonyl (C=O) groups excluding carboxylic acids is 1. The number of carbonyl (C=O) groups is 1. The van der Waals surface area contributed by atoms with Gasteiger partial charge in [0.25, 0.3) is 0 Å². The molecule has 1 aromatic carbocycles. The number of methoxy groups -OCH3 is 1. The second-order valence-corrected chi connectivity index (χ2v) is 5.73. The SMILES string of the molecule is COC(=O)Cc1ccccc1OC(C)C1CCCCN1C. The van der Waals surface area contributed by atoms with E-state index >= 15 is 0 Å². The number of likely N-dealkylation sites (N-methyl/N-ethyl adjacent to an activating group) is 1. The first-order chi connectivity index (χ1) is 10.1. The third-order valence-electron chi connectivity index (χ3n) is 4.22. The van der Waals surface area contributed by atoms with Gasteiger partial charge >= 0.3 is 5.97 Å². The monoisotopic (exact) mass is 291 g/mol. The maximum absolute atomic E-state index is 11.5. The summed E-state index contributed by atoms with van der Waals surface area (Å²) in [4.78, 5) is 13.9. The zero-order chi connectivity index (χ0) is 15.2. The van der Waals surface area contributed by atoms with Gasteiger partial charge in [-0.15, -0.1) is 0 Å². The summed E-state index contributed by atoms with van der Waals surface area (Å²) < 4.78 is 10.9. The van der Waals surface area contributed by atoms with Gasteiger partial charge in [-0.2, -0.15) is 0 Å². The van der Waals surface area contributed by atoms with Crippen LogP contribution in [-0.4, -0.2) is 43.7 Å². The van der Waals surface area contributed by atoms with Gasteiger partial charge in [0.15, 0.2) is 0 Å². The third kappa shape index (κ3) is 4.21. The molecular formula is C17H25NO3. The number of rotatable bonds is 5. The Kier molecular flexibility index (Phi) is 5.62. The number of hydrogen-bond donors (Lipinski definition) is 0. The highest BCUT2D eigenvalue weighted by Gasteiger charge is 2.26. The maximum Gasteiger partial charge on any atom is 0.310 e. The summed E-state index contributed by atoms with van der Waals surface area (Å²) >= 11 is 0. The number of esters is 1. The summed E-state index contributed by atoms with van der Waals surface area (Å²) in [5.74, 6) is 0.544. The van der Waals surface area contributed by atoms with Crippen molar-refractivity contribution >= 4 is 5.97 Å². The van der Waals surface area contributed by atoms with Crippen molar-refractivity contribution in [1.82, 2.24) is 4.90 Å². The second kappa shape index (κ2) is 7.46. The minimum absolute atomic E-state index is 0.106. The molecule has 2 atom stereocenters. The molecule has 0 saturated carbocycles. The summed E-state index contributed by atoms with van der Waals surface area (Å²) in [7, 11) is 3.56. The van der Waals surface area contributed by atoms with E-state index in [1.54, 1.807) is 0 Å². The average Bonchev–Trinajstić information content (AvgIpc) is 2.49. The summed E-state index contributed by atoms with van der Waals surface area (Å²) in [6.07, 6.45) is 4.04. The van der Waals surface area contributed by atoms with Crippen LogP contribution < -0.4 is 4.74 Å². The van der Waals surface area contributed by atoms with Gasteiger partial charge in [-0.3, -0.25) is 9.69 Å². The van der Waals surface area contributed by atoms with E-state index in [9.17, 15) is 4.79 Å². The molecule has 0 amide bonds. The molecule has 116 valence electrons. The number of likely N-dealkylation sites (tertiary alicyclic amines) is 1.